The number of aromatic nitrogens is 1. The van der Waals surface area contributed by atoms with Crippen molar-refractivity contribution in [3.05, 3.63) is 51.9 Å². The van der Waals surface area contributed by atoms with Crippen molar-refractivity contribution in [1.29, 1.82) is 0 Å². The third kappa shape index (κ3) is 10.1. The molecule has 2 aromatic rings. The average molecular weight is 518 g/mol. The summed E-state index contributed by atoms with van der Waals surface area (Å²) in [5, 5.41) is 11.9. The molecule has 0 aromatic carbocycles. The van der Waals surface area contributed by atoms with E-state index in [4.69, 9.17) is 9.47 Å². The highest BCUT2D eigenvalue weighted by Gasteiger charge is 2.25. The molecule has 0 radical (unpaired) electrons. The Hall–Kier alpha value is -3.40. The molecule has 0 spiro atoms. The van der Waals surface area contributed by atoms with E-state index in [2.05, 4.69) is 10.3 Å². The number of allylic oxidation sites excluding steroid dienone is 1. The van der Waals surface area contributed by atoms with Crippen molar-refractivity contribution in [3.63, 3.8) is 0 Å². The van der Waals surface area contributed by atoms with E-state index in [1.165, 1.54) is 16.2 Å². The van der Waals surface area contributed by atoms with E-state index >= 15 is 0 Å². The highest BCUT2D eigenvalue weighted by atomic mass is 32.1. The third-order valence-electron chi connectivity index (χ3n) is 4.49. The summed E-state index contributed by atoms with van der Waals surface area (Å²) in [6.45, 7) is 10.6. The molecule has 0 unspecified atom stereocenters. The van der Waals surface area contributed by atoms with Gasteiger partial charge in [-0.15, -0.1) is 11.3 Å². The van der Waals surface area contributed by atoms with Gasteiger partial charge in [-0.1, -0.05) is 12.1 Å². The van der Waals surface area contributed by atoms with Crippen molar-refractivity contribution in [2.75, 3.05) is 11.9 Å². The molecule has 9 nitrogen and oxygen atoms in total. The summed E-state index contributed by atoms with van der Waals surface area (Å²) in [5.74, 6) is -0.639. The number of ether oxygens (including phenoxy) is 2. The Kier molecular flexibility index (Phi) is 9.63. The molecular weight excluding hydrogens is 482 g/mol. The van der Waals surface area contributed by atoms with Crippen LogP contribution < -0.4 is 10.2 Å². The number of hydrogen-bond donors (Lipinski definition) is 2. The Morgan fingerprint density at radius 1 is 1.08 bits per heavy atom. The van der Waals surface area contributed by atoms with Gasteiger partial charge >= 0.3 is 18.2 Å². The smallest absolute Gasteiger partial charge is 0.415 e. The molecule has 2 amide bonds. The lowest BCUT2D eigenvalue weighted by molar-refractivity contribution is -0.139. The van der Waals surface area contributed by atoms with Gasteiger partial charge in [0.1, 0.15) is 23.1 Å². The first kappa shape index (κ1) is 28.8. The molecule has 2 aromatic heterocycles. The summed E-state index contributed by atoms with van der Waals surface area (Å²) < 4.78 is 10.5. The summed E-state index contributed by atoms with van der Waals surface area (Å²) in [6.07, 6.45) is 3.32. The summed E-state index contributed by atoms with van der Waals surface area (Å²) in [6, 6.07) is 8.08. The van der Waals surface area contributed by atoms with Crippen LogP contribution in [0, 0.1) is 0 Å². The molecule has 0 aliphatic rings. The highest BCUT2D eigenvalue weighted by molar-refractivity contribution is 7.12. The maximum absolute atomic E-state index is 12.3. The second-order valence-electron chi connectivity index (χ2n) is 10.2. The number of rotatable bonds is 8. The standard InChI is InChI=1S/C26H35N3O6S/c1-25(2,3)34-23(32)28-20(22(30)31)16-19-15-14-18(36-19)12-8-10-17-11-9-13-21(27-17)29(7)24(33)35-26(4,5)6/h8-9,11-15,20H,10,16H2,1-7H3,(H,28,32)(H,30,31)/b12-8+/t20-/m0/s1. The van der Waals surface area contributed by atoms with Gasteiger partial charge < -0.3 is 19.9 Å². The van der Waals surface area contributed by atoms with Crippen LogP contribution >= 0.6 is 11.3 Å². The predicted octanol–water partition coefficient (Wildman–Crippen LogP) is 5.29. The average Bonchev–Trinajstić information content (AvgIpc) is 3.17. The zero-order valence-corrected chi connectivity index (χ0v) is 22.6. The minimum atomic E-state index is -1.13. The van der Waals surface area contributed by atoms with Gasteiger partial charge in [0.05, 0.1) is 0 Å². The van der Waals surface area contributed by atoms with Crippen molar-refractivity contribution in [2.24, 2.45) is 0 Å². The van der Waals surface area contributed by atoms with E-state index in [0.717, 1.165) is 15.4 Å². The first-order valence-corrected chi connectivity index (χ1v) is 12.3. The number of thiophene rings is 1. The number of carbonyl (C=O) groups excluding carboxylic acids is 2. The van der Waals surface area contributed by atoms with Crippen LogP contribution in [0.5, 0.6) is 0 Å². The van der Waals surface area contributed by atoms with Gasteiger partial charge in [-0.2, -0.15) is 0 Å². The lowest BCUT2D eigenvalue weighted by Gasteiger charge is -2.24. The predicted molar refractivity (Wildman–Crippen MR) is 140 cm³/mol. The molecule has 0 aliphatic heterocycles. The lowest BCUT2D eigenvalue weighted by atomic mass is 10.2. The number of nitrogens with one attached hydrogen (secondary N) is 1. The van der Waals surface area contributed by atoms with E-state index in [0.29, 0.717) is 12.2 Å². The number of alkyl carbamates (subject to hydrolysis) is 1. The van der Waals surface area contributed by atoms with E-state index < -0.39 is 35.4 Å². The van der Waals surface area contributed by atoms with Crippen molar-refractivity contribution in [3.8, 4) is 0 Å². The number of hydrogen-bond acceptors (Lipinski definition) is 7. The molecule has 10 heteroatoms. The molecule has 0 aliphatic carbocycles. The number of carboxylic acid groups (broad SMARTS) is 1. The van der Waals surface area contributed by atoms with Gasteiger partial charge in [-0.3, -0.25) is 4.90 Å². The van der Waals surface area contributed by atoms with Gasteiger partial charge in [0.15, 0.2) is 0 Å². The zero-order valence-electron chi connectivity index (χ0n) is 21.8. The normalized spacial score (nSPS) is 12.8. The molecule has 36 heavy (non-hydrogen) atoms. The number of carboxylic acids is 1. The fourth-order valence-corrected chi connectivity index (χ4v) is 3.92. The molecule has 2 rings (SSSR count). The van der Waals surface area contributed by atoms with Crippen LogP contribution in [0.3, 0.4) is 0 Å². The van der Waals surface area contributed by atoms with Gasteiger partial charge in [-0.25, -0.2) is 19.4 Å². The van der Waals surface area contributed by atoms with Crippen LogP contribution in [0.4, 0.5) is 15.4 Å². The fraction of sp³-hybridized carbons (Fsp3) is 0.462. The van der Waals surface area contributed by atoms with E-state index in [9.17, 15) is 19.5 Å². The number of aliphatic carboxylic acids is 1. The van der Waals surface area contributed by atoms with E-state index in [1.807, 2.05) is 57.2 Å². The van der Waals surface area contributed by atoms with Crippen molar-refractivity contribution < 1.29 is 29.0 Å². The number of amides is 2. The second-order valence-corrected chi connectivity index (χ2v) is 11.4. The minimum Gasteiger partial charge on any atom is -0.480 e. The van der Waals surface area contributed by atoms with Crippen molar-refractivity contribution >= 4 is 41.4 Å². The molecule has 0 fully saturated rings. The second kappa shape index (κ2) is 12.0. The third-order valence-corrected chi connectivity index (χ3v) is 5.56. The first-order chi connectivity index (χ1) is 16.6. The van der Waals surface area contributed by atoms with Gasteiger partial charge in [-0.05, 0) is 71.9 Å². The Labute approximate surface area is 216 Å². The quantitative estimate of drug-likeness (QED) is 0.488. The molecule has 0 saturated heterocycles. The van der Waals surface area contributed by atoms with Crippen molar-refractivity contribution in [1.82, 2.24) is 10.3 Å². The number of carbonyl (C=O) groups is 3. The van der Waals surface area contributed by atoms with Gasteiger partial charge in [0.25, 0.3) is 0 Å². The minimum absolute atomic E-state index is 0.147. The van der Waals surface area contributed by atoms with Gasteiger partial charge in [0.2, 0.25) is 0 Å². The molecule has 0 bridgehead atoms. The maximum Gasteiger partial charge on any atom is 0.415 e. The first-order valence-electron chi connectivity index (χ1n) is 11.5. The zero-order chi connectivity index (χ0) is 27.1. The highest BCUT2D eigenvalue weighted by Crippen LogP contribution is 2.21. The number of nitrogens with zero attached hydrogens (tertiary/aromatic N) is 2. The van der Waals surface area contributed by atoms with E-state index in [-0.39, 0.29) is 6.42 Å². The van der Waals surface area contributed by atoms with Gasteiger partial charge in [0, 0.05) is 35.3 Å². The Morgan fingerprint density at radius 3 is 2.36 bits per heavy atom. The van der Waals surface area contributed by atoms with Crippen LogP contribution in [-0.4, -0.2) is 52.5 Å². The summed E-state index contributed by atoms with van der Waals surface area (Å²) in [4.78, 5) is 43.5. The van der Waals surface area contributed by atoms with Crippen LogP contribution in [0.1, 0.15) is 57.0 Å². The molecule has 1 atom stereocenters. The summed E-state index contributed by atoms with van der Waals surface area (Å²) in [5.41, 5.74) is -0.529. The molecule has 0 saturated carbocycles. The Bertz CT molecular complexity index is 1100. The SMILES string of the molecule is CN(C(=O)OC(C)(C)C)c1cccc(C/C=C/c2ccc(C[C@H](NC(=O)OC(C)(C)C)C(=O)O)s2)n1. The largest absolute Gasteiger partial charge is 0.480 e. The number of anilines is 1. The van der Waals surface area contributed by atoms with Crippen molar-refractivity contribution in [2.45, 2.75) is 71.6 Å². The summed E-state index contributed by atoms with van der Waals surface area (Å²) >= 11 is 1.44. The molecular formula is C26H35N3O6S. The van der Waals surface area contributed by atoms with Crippen LogP contribution in [-0.2, 0) is 27.1 Å². The van der Waals surface area contributed by atoms with Crippen LogP contribution in [0.2, 0.25) is 0 Å². The lowest BCUT2D eigenvalue weighted by Crippen LogP contribution is -2.44. The molecule has 2 heterocycles. The van der Waals surface area contributed by atoms with E-state index in [1.54, 1.807) is 33.9 Å². The maximum atomic E-state index is 12.3. The molecule has 2 N–H and O–H groups in total. The Morgan fingerprint density at radius 2 is 1.75 bits per heavy atom. The monoisotopic (exact) mass is 517 g/mol. The molecule has 196 valence electrons. The topological polar surface area (TPSA) is 118 Å². The summed E-state index contributed by atoms with van der Waals surface area (Å²) in [7, 11) is 1.62. The fourth-order valence-electron chi connectivity index (χ4n) is 2.93. The van der Waals surface area contributed by atoms with Crippen LogP contribution in [0.25, 0.3) is 6.08 Å². The Balaban J connectivity index is 1.98. The van der Waals surface area contributed by atoms with Crippen LogP contribution in [0.15, 0.2) is 36.4 Å². The number of pyridine rings is 1.